The van der Waals surface area contributed by atoms with Crippen molar-refractivity contribution in [3.05, 3.63) is 84.6 Å². The highest BCUT2D eigenvalue weighted by molar-refractivity contribution is 6.01. The molecule has 1 aliphatic heterocycles. The van der Waals surface area contributed by atoms with E-state index in [1.165, 1.54) is 11.8 Å². The van der Waals surface area contributed by atoms with Crippen molar-refractivity contribution in [2.24, 2.45) is 0 Å². The van der Waals surface area contributed by atoms with Crippen LogP contribution in [0.2, 0.25) is 0 Å². The molecule has 0 bridgehead atoms. The molecule has 3 aromatic rings. The monoisotopic (exact) mass is 444 g/mol. The second kappa shape index (κ2) is 11.2. The molecular weight excluding hydrogens is 416 g/mol. The summed E-state index contributed by atoms with van der Waals surface area (Å²) in [6, 6.07) is 21.7. The van der Waals surface area contributed by atoms with Gasteiger partial charge in [-0.25, -0.2) is 4.98 Å². The number of methoxy groups -OCH3 is 1. The van der Waals surface area contributed by atoms with Gasteiger partial charge in [0.2, 0.25) is 5.91 Å². The molecule has 0 saturated carbocycles. The molecule has 0 atom stereocenters. The van der Waals surface area contributed by atoms with Gasteiger partial charge in [0.05, 0.1) is 11.9 Å². The van der Waals surface area contributed by atoms with Crippen LogP contribution in [-0.2, 0) is 9.53 Å². The number of nitrogens with one attached hydrogen (secondary N) is 1. The van der Waals surface area contributed by atoms with E-state index in [4.69, 9.17) is 9.47 Å². The molecule has 1 fully saturated rings. The van der Waals surface area contributed by atoms with E-state index < -0.39 is 0 Å². The van der Waals surface area contributed by atoms with Gasteiger partial charge >= 0.3 is 0 Å². The van der Waals surface area contributed by atoms with Gasteiger partial charge in [0.25, 0.3) is 0 Å². The minimum absolute atomic E-state index is 0.203. The van der Waals surface area contributed by atoms with E-state index in [1.54, 1.807) is 19.4 Å². The van der Waals surface area contributed by atoms with Gasteiger partial charge in [-0.1, -0.05) is 30.3 Å². The van der Waals surface area contributed by atoms with Crippen molar-refractivity contribution < 1.29 is 14.3 Å². The van der Waals surface area contributed by atoms with E-state index in [0.29, 0.717) is 11.4 Å². The number of carbonyl (C=O) groups is 1. The zero-order chi connectivity index (χ0) is 22.9. The first-order valence-corrected chi connectivity index (χ1v) is 10.9. The second-order valence-electron chi connectivity index (χ2n) is 7.66. The zero-order valence-electron chi connectivity index (χ0n) is 18.7. The van der Waals surface area contributed by atoms with Crippen LogP contribution in [0, 0.1) is 0 Å². The van der Waals surface area contributed by atoms with E-state index in [1.807, 2.05) is 42.5 Å². The summed E-state index contributed by atoms with van der Waals surface area (Å²) in [6.07, 6.45) is 4.96. The number of carbonyl (C=O) groups excluding carboxylic acids is 1. The van der Waals surface area contributed by atoms with Crippen LogP contribution >= 0.6 is 0 Å². The Bertz CT molecular complexity index is 1050. The largest absolute Gasteiger partial charge is 0.468 e. The number of para-hydroxylation sites is 1. The molecule has 33 heavy (non-hydrogen) atoms. The van der Waals surface area contributed by atoms with Gasteiger partial charge in [-0.05, 0) is 48.0 Å². The molecule has 1 aromatic heterocycles. The molecule has 0 radical (unpaired) electrons. The lowest BCUT2D eigenvalue weighted by molar-refractivity contribution is -0.111. The van der Waals surface area contributed by atoms with Gasteiger partial charge in [0, 0.05) is 45.1 Å². The SMILES string of the molecule is COCOc1ccc(/C=C/C(=O)Nc2ccc(N3CCN(c4ccccc4)CC3)nc2)cc1. The Morgan fingerprint density at radius 1 is 0.970 bits per heavy atom. The first kappa shape index (κ1) is 22.4. The third-order valence-electron chi connectivity index (χ3n) is 5.39. The normalized spacial score (nSPS) is 13.8. The number of anilines is 3. The second-order valence-corrected chi connectivity index (χ2v) is 7.66. The predicted octanol–water partition coefficient (Wildman–Crippen LogP) is 4.04. The quantitative estimate of drug-likeness (QED) is 0.418. The Morgan fingerprint density at radius 3 is 2.36 bits per heavy atom. The van der Waals surface area contributed by atoms with Crippen molar-refractivity contribution in [2.45, 2.75) is 0 Å². The number of piperazine rings is 1. The Morgan fingerprint density at radius 2 is 1.70 bits per heavy atom. The maximum Gasteiger partial charge on any atom is 0.248 e. The molecular formula is C26H28N4O3. The maximum atomic E-state index is 12.3. The van der Waals surface area contributed by atoms with Crippen LogP contribution in [0.1, 0.15) is 5.56 Å². The molecule has 2 aromatic carbocycles. The summed E-state index contributed by atoms with van der Waals surface area (Å²) in [4.78, 5) is 21.5. The average molecular weight is 445 g/mol. The van der Waals surface area contributed by atoms with E-state index >= 15 is 0 Å². The van der Waals surface area contributed by atoms with E-state index in [9.17, 15) is 4.79 Å². The lowest BCUT2D eigenvalue weighted by Crippen LogP contribution is -2.46. The summed E-state index contributed by atoms with van der Waals surface area (Å²) < 4.78 is 10.2. The standard InChI is InChI=1S/C26H28N4O3/c1-32-20-33-24-11-7-21(8-12-24)9-14-26(31)28-22-10-13-25(27-19-22)30-17-15-29(16-18-30)23-5-3-2-4-6-23/h2-14,19H,15-18,20H2,1H3,(H,28,31)/b14-9+. The Balaban J connectivity index is 1.26. The first-order chi connectivity index (χ1) is 16.2. The molecule has 7 heteroatoms. The van der Waals surface area contributed by atoms with Gasteiger partial charge < -0.3 is 24.6 Å². The van der Waals surface area contributed by atoms with Crippen LogP contribution in [0.4, 0.5) is 17.2 Å². The summed E-state index contributed by atoms with van der Waals surface area (Å²) >= 11 is 0. The highest BCUT2D eigenvalue weighted by Crippen LogP contribution is 2.20. The van der Waals surface area contributed by atoms with Crippen LogP contribution in [0.25, 0.3) is 6.08 Å². The highest BCUT2D eigenvalue weighted by Gasteiger charge is 2.18. The van der Waals surface area contributed by atoms with Gasteiger partial charge in [-0.2, -0.15) is 0 Å². The number of aromatic nitrogens is 1. The third-order valence-corrected chi connectivity index (χ3v) is 5.39. The van der Waals surface area contributed by atoms with Crippen molar-refractivity contribution in [3.8, 4) is 5.75 Å². The fourth-order valence-corrected chi connectivity index (χ4v) is 3.64. The average Bonchev–Trinajstić information content (AvgIpc) is 2.88. The molecule has 0 unspecified atom stereocenters. The Hall–Kier alpha value is -3.84. The van der Waals surface area contributed by atoms with Crippen LogP contribution in [-0.4, -0.2) is 51.0 Å². The fourth-order valence-electron chi connectivity index (χ4n) is 3.64. The molecule has 4 rings (SSSR count). The number of amides is 1. The highest BCUT2D eigenvalue weighted by atomic mass is 16.7. The van der Waals surface area contributed by atoms with E-state index in [2.05, 4.69) is 44.4 Å². The number of hydrogen-bond donors (Lipinski definition) is 1. The van der Waals surface area contributed by atoms with Gasteiger partial charge in [0.15, 0.2) is 6.79 Å². The molecule has 1 aliphatic rings. The molecule has 170 valence electrons. The summed E-state index contributed by atoms with van der Waals surface area (Å²) in [5.41, 5.74) is 2.82. The summed E-state index contributed by atoms with van der Waals surface area (Å²) in [6.45, 7) is 3.93. The van der Waals surface area contributed by atoms with Crippen molar-refractivity contribution in [2.75, 3.05) is 55.2 Å². The smallest absolute Gasteiger partial charge is 0.248 e. The Labute approximate surface area is 194 Å². The van der Waals surface area contributed by atoms with Crippen molar-refractivity contribution in [1.29, 1.82) is 0 Å². The number of ether oxygens (including phenoxy) is 2. The van der Waals surface area contributed by atoms with E-state index in [-0.39, 0.29) is 12.7 Å². The van der Waals surface area contributed by atoms with Crippen LogP contribution < -0.4 is 19.9 Å². The molecule has 1 N–H and O–H groups in total. The zero-order valence-corrected chi connectivity index (χ0v) is 18.7. The topological polar surface area (TPSA) is 66.9 Å². The molecule has 0 spiro atoms. The number of nitrogens with zero attached hydrogens (tertiary/aromatic N) is 3. The van der Waals surface area contributed by atoms with Gasteiger partial charge in [-0.15, -0.1) is 0 Å². The number of benzene rings is 2. The lowest BCUT2D eigenvalue weighted by atomic mass is 10.2. The fraction of sp³-hybridized carbons (Fsp3) is 0.231. The number of hydrogen-bond acceptors (Lipinski definition) is 6. The summed E-state index contributed by atoms with van der Waals surface area (Å²) in [5, 5.41) is 2.85. The van der Waals surface area contributed by atoms with Crippen molar-refractivity contribution in [3.63, 3.8) is 0 Å². The molecule has 1 amide bonds. The van der Waals surface area contributed by atoms with Gasteiger partial charge in [-0.3, -0.25) is 4.79 Å². The number of rotatable bonds is 8. The van der Waals surface area contributed by atoms with Crippen molar-refractivity contribution in [1.82, 2.24) is 4.98 Å². The van der Waals surface area contributed by atoms with Crippen LogP contribution in [0.3, 0.4) is 0 Å². The maximum absolute atomic E-state index is 12.3. The minimum atomic E-state index is -0.208. The molecule has 1 saturated heterocycles. The minimum Gasteiger partial charge on any atom is -0.468 e. The predicted molar refractivity (Wildman–Crippen MR) is 132 cm³/mol. The molecule has 2 heterocycles. The third kappa shape index (κ3) is 6.33. The summed E-state index contributed by atoms with van der Waals surface area (Å²) in [7, 11) is 1.58. The van der Waals surface area contributed by atoms with Crippen molar-refractivity contribution >= 4 is 29.2 Å². The molecule has 0 aliphatic carbocycles. The van der Waals surface area contributed by atoms with Crippen LogP contribution in [0.15, 0.2) is 79.0 Å². The van der Waals surface area contributed by atoms with Gasteiger partial charge in [0.1, 0.15) is 11.6 Å². The summed E-state index contributed by atoms with van der Waals surface area (Å²) in [5.74, 6) is 1.43. The lowest BCUT2D eigenvalue weighted by Gasteiger charge is -2.36. The first-order valence-electron chi connectivity index (χ1n) is 10.9. The number of pyridine rings is 1. The van der Waals surface area contributed by atoms with Crippen LogP contribution in [0.5, 0.6) is 5.75 Å². The molecule has 7 nitrogen and oxygen atoms in total. The van der Waals surface area contributed by atoms with E-state index in [0.717, 1.165) is 37.6 Å². The Kier molecular flexibility index (Phi) is 7.56.